The maximum atomic E-state index is 13.2. The highest BCUT2D eigenvalue weighted by Gasteiger charge is 2.23. The largest absolute Gasteiger partial charge is 0.308 e. The minimum absolute atomic E-state index is 0.0283. The number of aromatic nitrogens is 2. The predicted molar refractivity (Wildman–Crippen MR) is 131 cm³/mol. The van der Waals surface area contributed by atoms with Crippen LogP contribution in [0.25, 0.3) is 6.08 Å². The van der Waals surface area contributed by atoms with E-state index in [0.717, 1.165) is 9.87 Å². The van der Waals surface area contributed by atoms with Gasteiger partial charge in [0, 0.05) is 43.7 Å². The lowest BCUT2D eigenvalue weighted by Gasteiger charge is -2.22. The van der Waals surface area contributed by atoms with Crippen LogP contribution in [0.3, 0.4) is 0 Å². The van der Waals surface area contributed by atoms with Crippen LogP contribution in [0.5, 0.6) is 0 Å². The SMILES string of the molecule is CN(C)S(=O)(=O)c1cccc(N(C/C=C/c2ccccc2Cl)C(=O)CC(=O)c2ncccn2)c1. The Kier molecular flexibility index (Phi) is 8.27. The summed E-state index contributed by atoms with van der Waals surface area (Å²) in [6, 6.07) is 14.8. The molecule has 0 spiro atoms. The number of benzene rings is 2. The van der Waals surface area contributed by atoms with Crippen LogP contribution >= 0.6 is 11.6 Å². The summed E-state index contributed by atoms with van der Waals surface area (Å²) in [5, 5.41) is 0.548. The fourth-order valence-electron chi connectivity index (χ4n) is 3.02. The molecule has 0 saturated heterocycles. The van der Waals surface area contributed by atoms with Gasteiger partial charge in [-0.05, 0) is 35.9 Å². The molecule has 0 saturated carbocycles. The first-order valence-corrected chi connectivity index (χ1v) is 12.1. The third-order valence-electron chi connectivity index (χ3n) is 4.83. The summed E-state index contributed by atoms with van der Waals surface area (Å²) in [6.45, 7) is 0.0818. The highest BCUT2D eigenvalue weighted by Crippen LogP contribution is 2.23. The van der Waals surface area contributed by atoms with Crippen molar-refractivity contribution in [1.82, 2.24) is 14.3 Å². The number of anilines is 1. The van der Waals surface area contributed by atoms with E-state index in [2.05, 4.69) is 9.97 Å². The normalized spacial score (nSPS) is 11.6. The molecule has 10 heteroatoms. The third-order valence-corrected chi connectivity index (χ3v) is 6.98. The standard InChI is InChI=1S/C24H23ClN4O4S/c1-28(2)34(32,33)20-11-5-10-19(16-20)29(15-6-9-18-8-3-4-12-21(18)25)23(31)17-22(30)24-26-13-7-14-27-24/h3-14,16H,15,17H2,1-2H3/b9-6+. The Bertz CT molecular complexity index is 1310. The average Bonchev–Trinajstić information content (AvgIpc) is 2.83. The number of amides is 1. The van der Waals surface area contributed by atoms with Crippen molar-refractivity contribution in [3.05, 3.63) is 89.5 Å². The molecule has 1 heterocycles. The molecule has 0 unspecified atom stereocenters. The third kappa shape index (κ3) is 6.13. The van der Waals surface area contributed by atoms with Gasteiger partial charge in [0.05, 0.1) is 11.3 Å². The van der Waals surface area contributed by atoms with Gasteiger partial charge in [-0.15, -0.1) is 0 Å². The number of carbonyl (C=O) groups is 2. The van der Waals surface area contributed by atoms with Crippen LogP contribution in [-0.4, -0.2) is 55.0 Å². The Hall–Kier alpha value is -3.40. The molecule has 1 amide bonds. The fourth-order valence-corrected chi connectivity index (χ4v) is 4.16. The van der Waals surface area contributed by atoms with Gasteiger partial charge < -0.3 is 4.90 Å². The summed E-state index contributed by atoms with van der Waals surface area (Å²) in [7, 11) is -0.868. The van der Waals surface area contributed by atoms with E-state index in [4.69, 9.17) is 11.6 Å². The molecule has 176 valence electrons. The van der Waals surface area contributed by atoms with Gasteiger partial charge in [0.1, 0.15) is 0 Å². The lowest BCUT2D eigenvalue weighted by molar-refractivity contribution is -0.117. The molecule has 0 aliphatic carbocycles. The molecule has 0 bridgehead atoms. The molecule has 3 aromatic rings. The fraction of sp³-hybridized carbons (Fsp3) is 0.167. The van der Waals surface area contributed by atoms with Crippen molar-refractivity contribution >= 4 is 45.1 Å². The molecular weight excluding hydrogens is 476 g/mol. The lowest BCUT2D eigenvalue weighted by atomic mass is 10.2. The van der Waals surface area contributed by atoms with E-state index >= 15 is 0 Å². The highest BCUT2D eigenvalue weighted by molar-refractivity contribution is 7.89. The predicted octanol–water partition coefficient (Wildman–Crippen LogP) is 3.70. The van der Waals surface area contributed by atoms with E-state index in [1.807, 2.05) is 18.2 Å². The molecule has 0 aliphatic heterocycles. The molecule has 0 fully saturated rings. The lowest BCUT2D eigenvalue weighted by Crippen LogP contribution is -2.33. The first-order valence-electron chi connectivity index (χ1n) is 10.2. The van der Waals surface area contributed by atoms with E-state index in [0.29, 0.717) is 10.7 Å². The Morgan fingerprint density at radius 3 is 2.38 bits per heavy atom. The Balaban J connectivity index is 1.92. The second-order valence-corrected chi connectivity index (χ2v) is 9.94. The van der Waals surface area contributed by atoms with E-state index in [-0.39, 0.29) is 17.3 Å². The van der Waals surface area contributed by atoms with Crippen molar-refractivity contribution in [3.8, 4) is 0 Å². The maximum Gasteiger partial charge on any atom is 0.242 e. The van der Waals surface area contributed by atoms with Gasteiger partial charge in [-0.3, -0.25) is 9.59 Å². The van der Waals surface area contributed by atoms with E-state index < -0.39 is 28.1 Å². The zero-order valence-electron chi connectivity index (χ0n) is 18.6. The number of Topliss-reactive ketones (excluding diaryl/α,β-unsaturated/α-hetero) is 1. The smallest absolute Gasteiger partial charge is 0.242 e. The van der Waals surface area contributed by atoms with Crippen LogP contribution in [0.2, 0.25) is 5.02 Å². The summed E-state index contributed by atoms with van der Waals surface area (Å²) in [5.74, 6) is -1.13. The Morgan fingerprint density at radius 1 is 1.00 bits per heavy atom. The average molecular weight is 499 g/mol. The molecule has 2 aromatic carbocycles. The number of nitrogens with zero attached hydrogens (tertiary/aromatic N) is 4. The summed E-state index contributed by atoms with van der Waals surface area (Å²) in [6.07, 6.45) is 5.84. The molecule has 0 N–H and O–H groups in total. The number of hydrogen-bond donors (Lipinski definition) is 0. The van der Waals surface area contributed by atoms with E-state index in [9.17, 15) is 18.0 Å². The minimum Gasteiger partial charge on any atom is -0.308 e. The summed E-state index contributed by atoms with van der Waals surface area (Å²) in [5.41, 5.74) is 1.09. The van der Waals surface area contributed by atoms with Gasteiger partial charge in [-0.1, -0.05) is 48.0 Å². The van der Waals surface area contributed by atoms with Crippen molar-refractivity contribution in [1.29, 1.82) is 0 Å². The first kappa shape index (κ1) is 25.2. The highest BCUT2D eigenvalue weighted by atomic mass is 35.5. The van der Waals surface area contributed by atoms with Gasteiger partial charge in [0.2, 0.25) is 21.7 Å². The van der Waals surface area contributed by atoms with Gasteiger partial charge in [-0.2, -0.15) is 0 Å². The van der Waals surface area contributed by atoms with E-state index in [1.165, 1.54) is 43.5 Å². The van der Waals surface area contributed by atoms with Crippen LogP contribution in [0.1, 0.15) is 22.6 Å². The molecule has 8 nitrogen and oxygen atoms in total. The van der Waals surface area contributed by atoms with Gasteiger partial charge in [0.25, 0.3) is 0 Å². The van der Waals surface area contributed by atoms with Crippen LogP contribution in [0.4, 0.5) is 5.69 Å². The number of hydrogen-bond acceptors (Lipinski definition) is 6. The Morgan fingerprint density at radius 2 is 1.71 bits per heavy atom. The Labute approximate surface area is 203 Å². The second-order valence-electron chi connectivity index (χ2n) is 7.39. The number of halogens is 1. The van der Waals surface area contributed by atoms with Crippen LogP contribution < -0.4 is 4.90 Å². The molecule has 1 aromatic heterocycles. The zero-order valence-corrected chi connectivity index (χ0v) is 20.2. The second kappa shape index (κ2) is 11.1. The molecule has 3 rings (SSSR count). The summed E-state index contributed by atoms with van der Waals surface area (Å²) in [4.78, 5) is 34.9. The topological polar surface area (TPSA) is 101 Å². The molecule has 0 radical (unpaired) electrons. The van der Waals surface area contributed by atoms with Crippen molar-refractivity contribution in [2.24, 2.45) is 0 Å². The zero-order chi connectivity index (χ0) is 24.7. The van der Waals surface area contributed by atoms with Crippen molar-refractivity contribution < 1.29 is 18.0 Å². The van der Waals surface area contributed by atoms with Crippen molar-refractivity contribution in [3.63, 3.8) is 0 Å². The van der Waals surface area contributed by atoms with Crippen LogP contribution in [0.15, 0.2) is 78.0 Å². The maximum absolute atomic E-state index is 13.2. The quantitative estimate of drug-likeness (QED) is 0.329. The number of rotatable bonds is 9. The number of carbonyl (C=O) groups excluding carboxylic acids is 2. The molecule has 0 aliphatic rings. The van der Waals surface area contributed by atoms with E-state index in [1.54, 1.807) is 36.4 Å². The van der Waals surface area contributed by atoms with Crippen LogP contribution in [-0.2, 0) is 14.8 Å². The monoisotopic (exact) mass is 498 g/mol. The first-order chi connectivity index (χ1) is 16.2. The van der Waals surface area contributed by atoms with Gasteiger partial charge in [0.15, 0.2) is 5.82 Å². The summed E-state index contributed by atoms with van der Waals surface area (Å²) >= 11 is 6.19. The molecule has 34 heavy (non-hydrogen) atoms. The van der Waals surface area contributed by atoms with Gasteiger partial charge >= 0.3 is 0 Å². The van der Waals surface area contributed by atoms with Crippen molar-refractivity contribution in [2.75, 3.05) is 25.5 Å². The number of sulfonamides is 1. The van der Waals surface area contributed by atoms with Crippen molar-refractivity contribution in [2.45, 2.75) is 11.3 Å². The van der Waals surface area contributed by atoms with Gasteiger partial charge in [-0.25, -0.2) is 22.7 Å². The number of ketones is 1. The minimum atomic E-state index is -3.72. The summed E-state index contributed by atoms with van der Waals surface area (Å²) < 4.78 is 26.3. The molecule has 0 atom stereocenters. The van der Waals surface area contributed by atoms with Crippen LogP contribution in [0, 0.1) is 0 Å². The molecular formula is C24H23ClN4O4S.